The van der Waals surface area contributed by atoms with Crippen molar-refractivity contribution in [1.29, 1.82) is 0 Å². The zero-order valence-electron chi connectivity index (χ0n) is 16.3. The number of hydrogen-bond donors (Lipinski definition) is 2. The molecule has 1 amide bonds. The molecule has 3 rings (SSSR count). The molecule has 29 heavy (non-hydrogen) atoms. The highest BCUT2D eigenvalue weighted by Crippen LogP contribution is 2.16. The molecule has 152 valence electrons. The van der Waals surface area contributed by atoms with Crippen LogP contribution in [0.4, 0.5) is 0 Å². The summed E-state index contributed by atoms with van der Waals surface area (Å²) in [5.74, 6) is -0.261. The van der Waals surface area contributed by atoms with E-state index in [1.54, 1.807) is 42.2 Å². The van der Waals surface area contributed by atoms with Crippen LogP contribution in [-0.2, 0) is 16.6 Å². The van der Waals surface area contributed by atoms with Crippen LogP contribution in [0.25, 0.3) is 0 Å². The highest BCUT2D eigenvalue weighted by Gasteiger charge is 2.16. The van der Waals surface area contributed by atoms with Crippen LogP contribution in [0.15, 0.2) is 60.0 Å². The molecule has 9 heteroatoms. The molecule has 0 saturated heterocycles. The Labute approximate surface area is 170 Å². The van der Waals surface area contributed by atoms with Crippen molar-refractivity contribution in [3.05, 3.63) is 77.4 Å². The highest BCUT2D eigenvalue weighted by molar-refractivity contribution is 7.89. The second-order valence-electron chi connectivity index (χ2n) is 6.71. The van der Waals surface area contributed by atoms with Gasteiger partial charge in [-0.1, -0.05) is 24.3 Å². The van der Waals surface area contributed by atoms with Gasteiger partial charge in [0.2, 0.25) is 10.0 Å². The quantitative estimate of drug-likeness (QED) is 0.546. The first-order chi connectivity index (χ1) is 13.8. The second-order valence-corrected chi connectivity index (χ2v) is 8.45. The smallest absolute Gasteiger partial charge is 0.251 e. The molecule has 0 unspecified atom stereocenters. The molecule has 3 aromatic rings. The molecule has 2 aromatic carbocycles. The minimum Gasteiger partial charge on any atom is -0.351 e. The van der Waals surface area contributed by atoms with Gasteiger partial charge < -0.3 is 5.32 Å². The topological polar surface area (TPSA) is 106 Å². The van der Waals surface area contributed by atoms with E-state index in [-0.39, 0.29) is 23.9 Å². The summed E-state index contributed by atoms with van der Waals surface area (Å²) >= 11 is 0. The Morgan fingerprint density at radius 1 is 1.07 bits per heavy atom. The lowest BCUT2D eigenvalue weighted by molar-refractivity contribution is 0.0954. The maximum absolute atomic E-state index is 12.5. The van der Waals surface area contributed by atoms with E-state index in [0.29, 0.717) is 17.7 Å². The van der Waals surface area contributed by atoms with Crippen LogP contribution in [0.5, 0.6) is 0 Å². The number of nitrogens with zero attached hydrogens (tertiary/aromatic N) is 3. The first kappa shape index (κ1) is 20.7. The lowest BCUT2D eigenvalue weighted by Crippen LogP contribution is -2.35. The van der Waals surface area contributed by atoms with Gasteiger partial charge in [-0.25, -0.2) is 22.8 Å². The van der Waals surface area contributed by atoms with Gasteiger partial charge >= 0.3 is 0 Å². The van der Waals surface area contributed by atoms with E-state index in [4.69, 9.17) is 0 Å². The van der Waals surface area contributed by atoms with E-state index < -0.39 is 10.0 Å². The molecular weight excluding hydrogens is 390 g/mol. The molecule has 0 fully saturated rings. The molecule has 0 radical (unpaired) electrons. The van der Waals surface area contributed by atoms with E-state index in [9.17, 15) is 13.2 Å². The number of hydrogen-bond acceptors (Lipinski definition) is 5. The molecule has 2 N–H and O–H groups in total. The predicted molar refractivity (Wildman–Crippen MR) is 109 cm³/mol. The van der Waals surface area contributed by atoms with Crippen LogP contribution in [0.1, 0.15) is 27.0 Å². The lowest BCUT2D eigenvalue weighted by Gasteiger charge is -2.11. The van der Waals surface area contributed by atoms with Crippen molar-refractivity contribution >= 4 is 15.9 Å². The zero-order valence-corrected chi connectivity index (χ0v) is 17.1. The number of carbonyl (C=O) groups excluding carboxylic acids is 1. The van der Waals surface area contributed by atoms with Gasteiger partial charge in [0.15, 0.2) is 0 Å². The van der Waals surface area contributed by atoms with Crippen LogP contribution >= 0.6 is 0 Å². The number of carbonyl (C=O) groups is 1. The number of amides is 1. The Morgan fingerprint density at radius 2 is 1.83 bits per heavy atom. The highest BCUT2D eigenvalue weighted by atomic mass is 32.2. The van der Waals surface area contributed by atoms with Crippen molar-refractivity contribution in [2.24, 2.45) is 0 Å². The minimum absolute atomic E-state index is 0.103. The third-order valence-corrected chi connectivity index (χ3v) is 5.97. The van der Waals surface area contributed by atoms with Crippen molar-refractivity contribution < 1.29 is 13.2 Å². The number of sulfonamides is 1. The summed E-state index contributed by atoms with van der Waals surface area (Å²) in [6.07, 6.45) is 3.09. The van der Waals surface area contributed by atoms with E-state index >= 15 is 0 Å². The fraction of sp³-hybridized carbons (Fsp3) is 0.250. The standard InChI is InChI=1S/C20H23N5O3S/c1-15-3-4-16(2)19(11-15)29(27,28)24-10-9-22-20(26)18-7-5-17(6-8-18)12-25-14-21-13-23-25/h3-8,11,13-14,24H,9-10,12H2,1-2H3,(H,22,26). The number of rotatable bonds is 8. The van der Waals surface area contributed by atoms with E-state index in [1.165, 1.54) is 6.33 Å². The summed E-state index contributed by atoms with van der Waals surface area (Å²) in [4.78, 5) is 16.4. The Bertz CT molecular complexity index is 1080. The van der Waals surface area contributed by atoms with Crippen LogP contribution in [0.2, 0.25) is 0 Å². The van der Waals surface area contributed by atoms with Crippen molar-refractivity contribution in [2.75, 3.05) is 13.1 Å². The molecule has 8 nitrogen and oxygen atoms in total. The van der Waals surface area contributed by atoms with E-state index in [2.05, 4.69) is 20.1 Å². The first-order valence-electron chi connectivity index (χ1n) is 9.11. The molecule has 0 aliphatic heterocycles. The third kappa shape index (κ3) is 5.49. The molecule has 0 saturated carbocycles. The summed E-state index contributed by atoms with van der Waals surface area (Å²) in [5.41, 5.74) is 3.05. The summed E-state index contributed by atoms with van der Waals surface area (Å²) in [6.45, 7) is 4.45. The maximum Gasteiger partial charge on any atom is 0.251 e. The predicted octanol–water partition coefficient (Wildman–Crippen LogP) is 1.65. The van der Waals surface area contributed by atoms with Gasteiger partial charge in [0.05, 0.1) is 11.4 Å². The van der Waals surface area contributed by atoms with Crippen LogP contribution in [-0.4, -0.2) is 42.2 Å². The molecule has 1 aromatic heterocycles. The SMILES string of the molecule is Cc1ccc(C)c(S(=O)(=O)NCCNC(=O)c2ccc(Cn3cncn3)cc2)c1. The first-order valence-corrected chi connectivity index (χ1v) is 10.6. The average Bonchev–Trinajstić information content (AvgIpc) is 3.20. The maximum atomic E-state index is 12.5. The lowest BCUT2D eigenvalue weighted by atomic mass is 10.1. The fourth-order valence-electron chi connectivity index (χ4n) is 2.80. The number of nitrogens with one attached hydrogen (secondary N) is 2. The molecule has 0 bridgehead atoms. The molecule has 0 aliphatic carbocycles. The third-order valence-electron chi connectivity index (χ3n) is 4.36. The van der Waals surface area contributed by atoms with E-state index in [0.717, 1.165) is 11.1 Å². The molecule has 0 spiro atoms. The van der Waals surface area contributed by atoms with Crippen LogP contribution < -0.4 is 10.0 Å². The van der Waals surface area contributed by atoms with Crippen molar-refractivity contribution in [3.63, 3.8) is 0 Å². The molecule has 0 atom stereocenters. The van der Waals surface area contributed by atoms with Gasteiger partial charge in [-0.05, 0) is 48.7 Å². The van der Waals surface area contributed by atoms with Gasteiger partial charge in [-0.3, -0.25) is 4.79 Å². The number of aryl methyl sites for hydroxylation is 2. The Morgan fingerprint density at radius 3 is 2.52 bits per heavy atom. The molecule has 1 heterocycles. The van der Waals surface area contributed by atoms with Crippen molar-refractivity contribution in [1.82, 2.24) is 24.8 Å². The Balaban J connectivity index is 1.50. The zero-order chi connectivity index (χ0) is 20.9. The fourth-order valence-corrected chi connectivity index (χ4v) is 4.16. The van der Waals surface area contributed by atoms with E-state index in [1.807, 2.05) is 25.1 Å². The summed E-state index contributed by atoms with van der Waals surface area (Å²) < 4.78 is 29.1. The van der Waals surface area contributed by atoms with Gasteiger partial charge in [-0.15, -0.1) is 0 Å². The average molecular weight is 414 g/mol. The monoisotopic (exact) mass is 413 g/mol. The minimum atomic E-state index is -3.62. The second kappa shape index (κ2) is 8.97. The van der Waals surface area contributed by atoms with Crippen molar-refractivity contribution in [2.45, 2.75) is 25.3 Å². The Kier molecular flexibility index (Phi) is 6.40. The molecule has 0 aliphatic rings. The van der Waals surface area contributed by atoms with Gasteiger partial charge in [0.1, 0.15) is 12.7 Å². The Hall–Kier alpha value is -3.04. The van der Waals surface area contributed by atoms with Crippen molar-refractivity contribution in [3.8, 4) is 0 Å². The summed E-state index contributed by atoms with van der Waals surface area (Å²) in [6, 6.07) is 12.4. The van der Waals surface area contributed by atoms with Gasteiger partial charge in [0, 0.05) is 18.7 Å². The van der Waals surface area contributed by atoms with Gasteiger partial charge in [-0.2, -0.15) is 5.10 Å². The number of aromatic nitrogens is 3. The number of benzene rings is 2. The van der Waals surface area contributed by atoms with Gasteiger partial charge in [0.25, 0.3) is 5.91 Å². The summed E-state index contributed by atoms with van der Waals surface area (Å²) in [5, 5.41) is 6.76. The largest absolute Gasteiger partial charge is 0.351 e. The van der Waals surface area contributed by atoms with Crippen LogP contribution in [0.3, 0.4) is 0 Å². The van der Waals surface area contributed by atoms with Crippen LogP contribution in [0, 0.1) is 13.8 Å². The normalized spacial score (nSPS) is 11.4. The summed E-state index contributed by atoms with van der Waals surface area (Å²) in [7, 11) is -3.62. The molecular formula is C20H23N5O3S.